The molecule has 0 fully saturated rings. The van der Waals surface area contributed by atoms with Gasteiger partial charge in [0, 0.05) is 12.5 Å². The van der Waals surface area contributed by atoms with Gasteiger partial charge in [-0.1, -0.05) is 31.2 Å². The van der Waals surface area contributed by atoms with Crippen LogP contribution in [0.4, 0.5) is 0 Å². The minimum atomic E-state index is 0.405. The van der Waals surface area contributed by atoms with Crippen molar-refractivity contribution in [1.29, 1.82) is 0 Å². The highest BCUT2D eigenvalue weighted by Gasteiger charge is 2.31. The molecule has 1 unspecified atom stereocenters. The summed E-state index contributed by atoms with van der Waals surface area (Å²) >= 11 is 0. The zero-order valence-electron chi connectivity index (χ0n) is 10.6. The van der Waals surface area contributed by atoms with Crippen LogP contribution in [0.15, 0.2) is 35.1 Å². The quantitative estimate of drug-likeness (QED) is 0.819. The third-order valence-corrected chi connectivity index (χ3v) is 3.56. The highest BCUT2D eigenvalue weighted by molar-refractivity contribution is 5.45. The summed E-state index contributed by atoms with van der Waals surface area (Å²) in [5.41, 5.74) is 3.89. The van der Waals surface area contributed by atoms with Crippen LogP contribution in [-0.2, 0) is 13.0 Å². The van der Waals surface area contributed by atoms with Gasteiger partial charge >= 0.3 is 0 Å². The molecule has 18 heavy (non-hydrogen) atoms. The molecule has 3 rings (SSSR count). The van der Waals surface area contributed by atoms with Gasteiger partial charge in [-0.05, 0) is 30.5 Å². The first-order chi connectivity index (χ1) is 8.90. The molecule has 0 saturated heterocycles. The van der Waals surface area contributed by atoms with Gasteiger partial charge in [-0.2, -0.15) is 0 Å². The highest BCUT2D eigenvalue weighted by Crippen LogP contribution is 2.40. The molecule has 0 amide bonds. The number of hydrogen-bond acceptors (Lipinski definition) is 3. The topological polar surface area (TPSA) is 38.1 Å². The van der Waals surface area contributed by atoms with Crippen LogP contribution < -0.4 is 5.32 Å². The van der Waals surface area contributed by atoms with E-state index in [1.54, 1.807) is 6.39 Å². The number of fused-ring (bicyclic) bond motifs is 1. The number of rotatable bonds is 5. The van der Waals surface area contributed by atoms with Gasteiger partial charge in [-0.25, -0.2) is 4.98 Å². The van der Waals surface area contributed by atoms with Crippen LogP contribution in [-0.4, -0.2) is 11.5 Å². The molecule has 1 aromatic carbocycles. The van der Waals surface area contributed by atoms with Crippen molar-refractivity contribution in [3.63, 3.8) is 0 Å². The summed E-state index contributed by atoms with van der Waals surface area (Å²) in [4.78, 5) is 4.33. The third-order valence-electron chi connectivity index (χ3n) is 3.56. The molecule has 1 heterocycles. The molecule has 0 spiro atoms. The normalized spacial score (nSPS) is 17.3. The van der Waals surface area contributed by atoms with Gasteiger partial charge in [-0.15, -0.1) is 0 Å². The Morgan fingerprint density at radius 2 is 2.28 bits per heavy atom. The Balaban J connectivity index is 1.77. The Morgan fingerprint density at radius 1 is 1.39 bits per heavy atom. The van der Waals surface area contributed by atoms with Crippen molar-refractivity contribution in [2.45, 2.75) is 32.2 Å². The molecular weight excluding hydrogens is 224 g/mol. The lowest BCUT2D eigenvalue weighted by molar-refractivity contribution is 0.457. The van der Waals surface area contributed by atoms with E-state index in [2.05, 4.69) is 41.5 Å². The van der Waals surface area contributed by atoms with Gasteiger partial charge < -0.3 is 9.73 Å². The molecule has 1 N–H and O–H groups in total. The van der Waals surface area contributed by atoms with E-state index in [1.165, 1.54) is 11.1 Å². The molecule has 94 valence electrons. The fourth-order valence-corrected chi connectivity index (χ4v) is 2.57. The SMILES string of the molecule is CCCNCc1ncoc1C1Cc2ccccc21. The van der Waals surface area contributed by atoms with Crippen molar-refractivity contribution in [1.82, 2.24) is 10.3 Å². The highest BCUT2D eigenvalue weighted by atomic mass is 16.3. The maximum atomic E-state index is 5.61. The predicted octanol–water partition coefficient (Wildman–Crippen LogP) is 2.86. The van der Waals surface area contributed by atoms with Gasteiger partial charge in [0.15, 0.2) is 6.39 Å². The van der Waals surface area contributed by atoms with Gasteiger partial charge in [-0.3, -0.25) is 0 Å². The van der Waals surface area contributed by atoms with E-state index < -0.39 is 0 Å². The minimum Gasteiger partial charge on any atom is -0.447 e. The first kappa shape index (κ1) is 11.5. The van der Waals surface area contributed by atoms with Gasteiger partial charge in [0.05, 0.1) is 5.69 Å². The number of benzene rings is 1. The molecule has 1 aliphatic carbocycles. The molecule has 3 nitrogen and oxygen atoms in total. The smallest absolute Gasteiger partial charge is 0.181 e. The Hall–Kier alpha value is -1.61. The summed E-state index contributed by atoms with van der Waals surface area (Å²) in [6.07, 6.45) is 3.78. The molecule has 0 radical (unpaired) electrons. The molecule has 1 aromatic heterocycles. The molecule has 0 bridgehead atoms. The van der Waals surface area contributed by atoms with Crippen LogP contribution in [0.3, 0.4) is 0 Å². The lowest BCUT2D eigenvalue weighted by Crippen LogP contribution is -2.21. The van der Waals surface area contributed by atoms with E-state index in [-0.39, 0.29) is 0 Å². The average molecular weight is 242 g/mol. The van der Waals surface area contributed by atoms with Crippen LogP contribution in [0.1, 0.15) is 41.8 Å². The van der Waals surface area contributed by atoms with Crippen LogP contribution in [0.25, 0.3) is 0 Å². The second kappa shape index (κ2) is 4.94. The first-order valence-electron chi connectivity index (χ1n) is 6.61. The van der Waals surface area contributed by atoms with Crippen LogP contribution >= 0.6 is 0 Å². The summed E-state index contributed by atoms with van der Waals surface area (Å²) in [5.74, 6) is 1.44. The Labute approximate surface area is 107 Å². The first-order valence-corrected chi connectivity index (χ1v) is 6.61. The number of hydrogen-bond donors (Lipinski definition) is 1. The molecule has 1 atom stereocenters. The fraction of sp³-hybridized carbons (Fsp3) is 0.400. The van der Waals surface area contributed by atoms with Crippen LogP contribution in [0.5, 0.6) is 0 Å². The number of oxazole rings is 1. The van der Waals surface area contributed by atoms with Crippen molar-refractivity contribution in [3.05, 3.63) is 53.2 Å². The largest absolute Gasteiger partial charge is 0.447 e. The lowest BCUT2D eigenvalue weighted by Gasteiger charge is -2.28. The van der Waals surface area contributed by atoms with E-state index in [0.717, 1.165) is 37.4 Å². The van der Waals surface area contributed by atoms with Crippen molar-refractivity contribution in [3.8, 4) is 0 Å². The van der Waals surface area contributed by atoms with E-state index in [1.807, 2.05) is 0 Å². The maximum absolute atomic E-state index is 5.61. The number of nitrogens with zero attached hydrogens (tertiary/aromatic N) is 1. The van der Waals surface area contributed by atoms with Crippen LogP contribution in [0.2, 0.25) is 0 Å². The standard InChI is InChI=1S/C15H18N2O/c1-2-7-16-9-14-15(18-10-17-14)13-8-11-5-3-4-6-12(11)13/h3-6,10,13,16H,2,7-9H2,1H3. The molecule has 0 aliphatic heterocycles. The second-order valence-corrected chi connectivity index (χ2v) is 4.80. The van der Waals surface area contributed by atoms with Gasteiger partial charge in [0.25, 0.3) is 0 Å². The predicted molar refractivity (Wildman–Crippen MR) is 70.5 cm³/mol. The van der Waals surface area contributed by atoms with Gasteiger partial charge in [0.1, 0.15) is 5.76 Å². The van der Waals surface area contributed by atoms with E-state index in [4.69, 9.17) is 4.42 Å². The summed E-state index contributed by atoms with van der Waals surface area (Å²) in [6.45, 7) is 3.99. The van der Waals surface area contributed by atoms with Gasteiger partial charge in [0.2, 0.25) is 0 Å². The van der Waals surface area contributed by atoms with Crippen molar-refractivity contribution in [2.24, 2.45) is 0 Å². The Morgan fingerprint density at radius 3 is 3.11 bits per heavy atom. The fourth-order valence-electron chi connectivity index (χ4n) is 2.57. The van der Waals surface area contributed by atoms with Crippen molar-refractivity contribution in [2.75, 3.05) is 6.54 Å². The summed E-state index contributed by atoms with van der Waals surface area (Å²) < 4.78 is 5.61. The van der Waals surface area contributed by atoms with Crippen molar-refractivity contribution >= 4 is 0 Å². The van der Waals surface area contributed by atoms with E-state index in [9.17, 15) is 0 Å². The number of aromatic nitrogens is 1. The maximum Gasteiger partial charge on any atom is 0.181 e. The van der Waals surface area contributed by atoms with E-state index >= 15 is 0 Å². The van der Waals surface area contributed by atoms with Crippen molar-refractivity contribution < 1.29 is 4.42 Å². The summed E-state index contributed by atoms with van der Waals surface area (Å²) in [5, 5.41) is 3.38. The average Bonchev–Trinajstić information content (AvgIpc) is 2.80. The third kappa shape index (κ3) is 1.95. The molecular formula is C15H18N2O. The second-order valence-electron chi connectivity index (χ2n) is 4.80. The summed E-state index contributed by atoms with van der Waals surface area (Å²) in [6, 6.07) is 8.57. The lowest BCUT2D eigenvalue weighted by atomic mass is 9.76. The Bertz CT molecular complexity index is 533. The summed E-state index contributed by atoms with van der Waals surface area (Å²) in [7, 11) is 0. The minimum absolute atomic E-state index is 0.405. The molecule has 3 heteroatoms. The zero-order chi connectivity index (χ0) is 12.4. The molecule has 2 aromatic rings. The van der Waals surface area contributed by atoms with Crippen LogP contribution in [0, 0.1) is 0 Å². The molecule has 1 aliphatic rings. The molecule has 0 saturated carbocycles. The number of nitrogens with one attached hydrogen (secondary N) is 1. The monoisotopic (exact) mass is 242 g/mol. The van der Waals surface area contributed by atoms with E-state index in [0.29, 0.717) is 5.92 Å². The Kier molecular flexibility index (Phi) is 3.15. The zero-order valence-corrected chi connectivity index (χ0v) is 10.6.